The molecule has 14 heavy (non-hydrogen) atoms. The van der Waals surface area contributed by atoms with E-state index in [9.17, 15) is 9.59 Å². The average Bonchev–Trinajstić information content (AvgIpc) is 2.19. The molecular formula is C10H11CsO3. The van der Waals surface area contributed by atoms with E-state index in [2.05, 4.69) is 4.74 Å². The molecule has 1 aromatic carbocycles. The zero-order valence-electron chi connectivity index (χ0n) is 9.32. The maximum Gasteiger partial charge on any atom is 1.00 e. The number of carbonyl (C=O) groups is 2. The van der Waals surface area contributed by atoms with E-state index in [0.29, 0.717) is 5.56 Å². The van der Waals surface area contributed by atoms with Crippen LogP contribution in [0.15, 0.2) is 30.3 Å². The van der Waals surface area contributed by atoms with Gasteiger partial charge in [-0.2, -0.15) is 0 Å². The number of hydrogen-bond acceptors (Lipinski definition) is 3. The van der Waals surface area contributed by atoms with E-state index >= 15 is 0 Å². The maximum atomic E-state index is 11.2. The van der Waals surface area contributed by atoms with Crippen molar-refractivity contribution in [1.29, 1.82) is 0 Å². The molecule has 1 rings (SSSR count). The van der Waals surface area contributed by atoms with Crippen molar-refractivity contribution < 1.29 is 84.6 Å². The van der Waals surface area contributed by atoms with Crippen molar-refractivity contribution in [2.75, 3.05) is 0 Å². The molecule has 3 nitrogen and oxygen atoms in total. The molecule has 0 aliphatic rings. The Morgan fingerprint density at radius 2 is 1.86 bits per heavy atom. The Hall–Kier alpha value is 0.412. The fourth-order valence-electron chi connectivity index (χ4n) is 0.809. The van der Waals surface area contributed by atoms with Gasteiger partial charge in [0.1, 0.15) is 0 Å². The minimum atomic E-state index is -0.590. The molecule has 0 saturated heterocycles. The number of carbonyl (C=O) groups excluding carboxylic acids is 2. The summed E-state index contributed by atoms with van der Waals surface area (Å²) in [5.74, 6) is -1.10. The van der Waals surface area contributed by atoms with Gasteiger partial charge in [0.25, 0.3) is 0 Å². The molecule has 0 bridgehead atoms. The van der Waals surface area contributed by atoms with E-state index in [0.717, 1.165) is 0 Å². The van der Waals surface area contributed by atoms with Crippen LogP contribution in [-0.2, 0) is 9.53 Å². The standard InChI is InChI=1S/C10H10O3.Cs.H/c1-2-9(11)13-10(12)8-6-4-3-5-7-8;;/h3-7H,2H2,1H3;;/q;+1;-1. The molecular weight excluding hydrogens is 301 g/mol. The van der Waals surface area contributed by atoms with Gasteiger partial charge in [0, 0.05) is 6.42 Å². The van der Waals surface area contributed by atoms with Gasteiger partial charge < -0.3 is 6.16 Å². The Kier molecular flexibility index (Phi) is 7.90. The van der Waals surface area contributed by atoms with Crippen LogP contribution in [0.5, 0.6) is 0 Å². The zero-order valence-corrected chi connectivity index (χ0v) is 14.6. The molecule has 4 heteroatoms. The van der Waals surface area contributed by atoms with Crippen molar-refractivity contribution >= 4 is 11.9 Å². The number of rotatable bonds is 2. The van der Waals surface area contributed by atoms with Crippen molar-refractivity contribution in [3.63, 3.8) is 0 Å². The zero-order chi connectivity index (χ0) is 9.68. The summed E-state index contributed by atoms with van der Waals surface area (Å²) in [6.07, 6.45) is 0.207. The molecule has 0 heterocycles. The second-order valence-electron chi connectivity index (χ2n) is 2.48. The first kappa shape index (κ1) is 14.4. The van der Waals surface area contributed by atoms with Gasteiger partial charge in [-0.15, -0.1) is 0 Å². The van der Waals surface area contributed by atoms with Crippen LogP contribution in [0.4, 0.5) is 0 Å². The van der Waals surface area contributed by atoms with Crippen molar-refractivity contribution in [2.45, 2.75) is 13.3 Å². The van der Waals surface area contributed by atoms with Crippen molar-refractivity contribution in [1.82, 2.24) is 0 Å². The molecule has 70 valence electrons. The van der Waals surface area contributed by atoms with Gasteiger partial charge in [-0.3, -0.25) is 4.79 Å². The van der Waals surface area contributed by atoms with Crippen LogP contribution in [0.3, 0.4) is 0 Å². The van der Waals surface area contributed by atoms with E-state index in [-0.39, 0.29) is 76.7 Å². The summed E-state index contributed by atoms with van der Waals surface area (Å²) in [6.45, 7) is 1.64. The van der Waals surface area contributed by atoms with Gasteiger partial charge in [-0.1, -0.05) is 25.1 Å². The Labute approximate surface area is 143 Å². The third kappa shape index (κ3) is 4.77. The molecule has 0 spiro atoms. The second kappa shape index (κ2) is 7.67. The third-order valence-corrected chi connectivity index (χ3v) is 1.50. The molecule has 0 amide bonds. The second-order valence-corrected chi connectivity index (χ2v) is 2.48. The van der Waals surface area contributed by atoms with Gasteiger partial charge in [0.15, 0.2) is 0 Å². The van der Waals surface area contributed by atoms with Gasteiger partial charge in [-0.05, 0) is 12.1 Å². The molecule has 0 unspecified atom stereocenters. The Morgan fingerprint density at radius 3 is 2.36 bits per heavy atom. The van der Waals surface area contributed by atoms with Crippen LogP contribution in [-0.4, -0.2) is 11.9 Å². The number of hydrogen-bond donors (Lipinski definition) is 0. The first-order valence-corrected chi connectivity index (χ1v) is 4.04. The van der Waals surface area contributed by atoms with E-state index in [4.69, 9.17) is 0 Å². The van der Waals surface area contributed by atoms with E-state index < -0.39 is 11.9 Å². The first-order chi connectivity index (χ1) is 6.24. The van der Waals surface area contributed by atoms with Crippen molar-refractivity contribution in [3.05, 3.63) is 35.9 Å². The molecule has 0 radical (unpaired) electrons. The predicted octanol–water partition coefficient (Wildman–Crippen LogP) is -1.10. The van der Waals surface area contributed by atoms with E-state index in [1.165, 1.54) is 0 Å². The monoisotopic (exact) mass is 312 g/mol. The summed E-state index contributed by atoms with van der Waals surface area (Å²) in [6, 6.07) is 8.43. The van der Waals surface area contributed by atoms with Crippen LogP contribution < -0.4 is 68.9 Å². The van der Waals surface area contributed by atoms with Gasteiger partial charge in [-0.25, -0.2) is 4.79 Å². The van der Waals surface area contributed by atoms with Crippen LogP contribution in [0.25, 0.3) is 0 Å². The number of benzene rings is 1. The minimum Gasteiger partial charge on any atom is -1.00 e. The quantitative estimate of drug-likeness (QED) is 0.514. The SMILES string of the molecule is CCC(=O)OC(=O)c1ccccc1.[Cs+].[H-]. The van der Waals surface area contributed by atoms with Crippen molar-refractivity contribution in [2.24, 2.45) is 0 Å². The smallest absolute Gasteiger partial charge is 1.00 e. The first-order valence-electron chi connectivity index (χ1n) is 4.04. The van der Waals surface area contributed by atoms with E-state index in [1.54, 1.807) is 37.3 Å². The Balaban J connectivity index is 0. The normalized spacial score (nSPS) is 8.64. The van der Waals surface area contributed by atoms with Gasteiger partial charge in [0.05, 0.1) is 5.56 Å². The molecule has 0 fully saturated rings. The molecule has 0 atom stereocenters. The predicted molar refractivity (Wildman–Crippen MR) is 48.3 cm³/mol. The molecule has 0 saturated carbocycles. The Bertz CT molecular complexity index is 314. The summed E-state index contributed by atoms with van der Waals surface area (Å²) >= 11 is 0. The topological polar surface area (TPSA) is 43.4 Å². The minimum absolute atomic E-state index is 0. The third-order valence-electron chi connectivity index (χ3n) is 1.50. The van der Waals surface area contributed by atoms with Crippen LogP contribution >= 0.6 is 0 Å². The van der Waals surface area contributed by atoms with Crippen molar-refractivity contribution in [3.8, 4) is 0 Å². The summed E-state index contributed by atoms with van der Waals surface area (Å²) in [5.41, 5.74) is 0.393. The van der Waals surface area contributed by atoms with E-state index in [1.807, 2.05) is 0 Å². The molecule has 0 aliphatic carbocycles. The van der Waals surface area contributed by atoms with Crippen LogP contribution in [0, 0.1) is 0 Å². The molecule has 0 aliphatic heterocycles. The Morgan fingerprint density at radius 1 is 1.29 bits per heavy atom. The molecule has 0 N–H and O–H groups in total. The summed E-state index contributed by atoms with van der Waals surface area (Å²) in [7, 11) is 0. The van der Waals surface area contributed by atoms with Gasteiger partial charge in [0.2, 0.25) is 0 Å². The summed E-state index contributed by atoms with van der Waals surface area (Å²) in [4.78, 5) is 21.9. The number of ether oxygens (including phenoxy) is 1. The fourth-order valence-corrected chi connectivity index (χ4v) is 0.809. The maximum absolute atomic E-state index is 11.2. The fraction of sp³-hybridized carbons (Fsp3) is 0.200. The summed E-state index contributed by atoms with van der Waals surface area (Å²) in [5, 5.41) is 0. The summed E-state index contributed by atoms with van der Waals surface area (Å²) < 4.78 is 4.51. The molecule has 1 aromatic rings. The number of esters is 2. The molecule has 0 aromatic heterocycles. The van der Waals surface area contributed by atoms with Gasteiger partial charge >= 0.3 is 80.8 Å². The van der Waals surface area contributed by atoms with Crippen LogP contribution in [0.2, 0.25) is 0 Å². The van der Waals surface area contributed by atoms with Crippen LogP contribution in [0.1, 0.15) is 25.1 Å². The largest absolute Gasteiger partial charge is 1.00 e. The average molecular weight is 312 g/mol.